The minimum absolute atomic E-state index is 0.0377. The van der Waals surface area contributed by atoms with Crippen LogP contribution < -0.4 is 5.73 Å². The molecule has 1 fully saturated rings. The molecule has 1 aromatic carbocycles. The van der Waals surface area contributed by atoms with Crippen LogP contribution in [0.2, 0.25) is 5.02 Å². The van der Waals surface area contributed by atoms with E-state index < -0.39 is 10.0 Å². The average Bonchev–Trinajstić information content (AvgIpc) is 2.46. The highest BCUT2D eigenvalue weighted by Gasteiger charge is 2.37. The molecule has 0 aliphatic carbocycles. The number of nitrogens with two attached hydrogens (primary N) is 1. The highest BCUT2D eigenvalue weighted by molar-refractivity contribution is 7.89. The highest BCUT2D eigenvalue weighted by Crippen LogP contribution is 2.32. The number of benzene rings is 1. The predicted octanol–water partition coefficient (Wildman–Crippen LogP) is 1.96. The maximum Gasteiger partial charge on any atom is 0.244 e. The number of halogens is 1. The molecule has 1 saturated heterocycles. The Bertz CT molecular complexity index is 669. The van der Waals surface area contributed by atoms with Crippen LogP contribution in [0.3, 0.4) is 0 Å². The molecule has 2 unspecified atom stereocenters. The van der Waals surface area contributed by atoms with E-state index in [2.05, 4.69) is 0 Å². The van der Waals surface area contributed by atoms with Crippen molar-refractivity contribution in [2.24, 2.45) is 11.7 Å². The Kier molecular flexibility index (Phi) is 4.89. The number of rotatable bonds is 3. The largest absolute Gasteiger partial charge is 0.329 e. The topological polar surface area (TPSA) is 87.2 Å². The zero-order chi connectivity index (χ0) is 15.6. The van der Waals surface area contributed by atoms with Crippen LogP contribution in [-0.2, 0) is 10.0 Å². The molecule has 1 heterocycles. The van der Waals surface area contributed by atoms with Crippen LogP contribution in [-0.4, -0.2) is 31.9 Å². The van der Waals surface area contributed by atoms with Crippen molar-refractivity contribution >= 4 is 21.6 Å². The van der Waals surface area contributed by atoms with Gasteiger partial charge in [0.15, 0.2) is 0 Å². The van der Waals surface area contributed by atoms with E-state index in [0.29, 0.717) is 12.1 Å². The first-order valence-corrected chi connectivity index (χ1v) is 8.65. The van der Waals surface area contributed by atoms with Crippen LogP contribution in [0, 0.1) is 17.2 Å². The molecule has 1 aliphatic rings. The van der Waals surface area contributed by atoms with Gasteiger partial charge in [0.2, 0.25) is 10.0 Å². The van der Waals surface area contributed by atoms with Crippen LogP contribution in [0.1, 0.15) is 25.3 Å². The molecular weight excluding hydrogens is 310 g/mol. The molecule has 0 radical (unpaired) electrons. The molecule has 21 heavy (non-hydrogen) atoms. The third-order valence-corrected chi connectivity index (χ3v) is 6.36. The Balaban J connectivity index is 2.44. The summed E-state index contributed by atoms with van der Waals surface area (Å²) in [7, 11) is -3.70. The van der Waals surface area contributed by atoms with Crippen molar-refractivity contribution in [1.29, 1.82) is 5.26 Å². The summed E-state index contributed by atoms with van der Waals surface area (Å²) in [5.41, 5.74) is 6.09. The molecule has 0 aromatic heterocycles. The van der Waals surface area contributed by atoms with Gasteiger partial charge in [-0.1, -0.05) is 18.5 Å². The second-order valence-electron chi connectivity index (χ2n) is 5.30. The summed E-state index contributed by atoms with van der Waals surface area (Å²) in [6.45, 7) is 2.75. The van der Waals surface area contributed by atoms with Crippen LogP contribution in [0.5, 0.6) is 0 Å². The molecule has 1 aliphatic heterocycles. The maximum absolute atomic E-state index is 12.8. The molecule has 0 saturated carbocycles. The number of nitriles is 1. The van der Waals surface area contributed by atoms with E-state index in [4.69, 9.17) is 22.6 Å². The van der Waals surface area contributed by atoms with Gasteiger partial charge in [0.05, 0.1) is 16.7 Å². The van der Waals surface area contributed by atoms with Crippen LogP contribution in [0.4, 0.5) is 0 Å². The zero-order valence-electron chi connectivity index (χ0n) is 11.8. The molecule has 2 atom stereocenters. The molecule has 1 aromatic rings. The lowest BCUT2D eigenvalue weighted by Crippen LogP contribution is -2.51. The van der Waals surface area contributed by atoms with Crippen LogP contribution in [0.15, 0.2) is 23.1 Å². The van der Waals surface area contributed by atoms with Gasteiger partial charge >= 0.3 is 0 Å². The first-order valence-electron chi connectivity index (χ1n) is 6.83. The zero-order valence-corrected chi connectivity index (χ0v) is 13.4. The minimum atomic E-state index is -3.70. The van der Waals surface area contributed by atoms with Crippen molar-refractivity contribution in [3.05, 3.63) is 28.8 Å². The normalized spacial score (nSPS) is 23.7. The van der Waals surface area contributed by atoms with Gasteiger partial charge in [0.25, 0.3) is 0 Å². The maximum atomic E-state index is 12.8. The van der Waals surface area contributed by atoms with E-state index in [-0.39, 0.29) is 28.4 Å². The monoisotopic (exact) mass is 327 g/mol. The molecule has 7 heteroatoms. The van der Waals surface area contributed by atoms with Gasteiger partial charge < -0.3 is 5.73 Å². The van der Waals surface area contributed by atoms with E-state index in [0.717, 1.165) is 12.8 Å². The smallest absolute Gasteiger partial charge is 0.244 e. The minimum Gasteiger partial charge on any atom is -0.329 e. The van der Waals surface area contributed by atoms with Gasteiger partial charge in [-0.3, -0.25) is 0 Å². The van der Waals surface area contributed by atoms with Crippen LogP contribution >= 0.6 is 11.6 Å². The molecule has 0 bridgehead atoms. The van der Waals surface area contributed by atoms with Gasteiger partial charge in [-0.15, -0.1) is 0 Å². The summed E-state index contributed by atoms with van der Waals surface area (Å²) in [6, 6.07) is 5.96. The molecule has 5 nitrogen and oxygen atoms in total. The number of hydrogen-bond donors (Lipinski definition) is 1. The molecule has 0 spiro atoms. The van der Waals surface area contributed by atoms with Crippen molar-refractivity contribution in [3.8, 4) is 6.07 Å². The Morgan fingerprint density at radius 2 is 2.24 bits per heavy atom. The quantitative estimate of drug-likeness (QED) is 0.919. The first kappa shape index (κ1) is 16.2. The summed E-state index contributed by atoms with van der Waals surface area (Å²) in [5.74, 6) is 0.218. The van der Waals surface area contributed by atoms with Gasteiger partial charge in [-0.25, -0.2) is 8.42 Å². The van der Waals surface area contributed by atoms with Gasteiger partial charge in [0.1, 0.15) is 4.90 Å². The molecule has 0 amide bonds. The van der Waals surface area contributed by atoms with Gasteiger partial charge in [0, 0.05) is 19.1 Å². The Morgan fingerprint density at radius 3 is 2.81 bits per heavy atom. The third kappa shape index (κ3) is 3.06. The summed E-state index contributed by atoms with van der Waals surface area (Å²) in [6.07, 6.45) is 1.78. The summed E-state index contributed by atoms with van der Waals surface area (Å²) < 4.78 is 27.1. The van der Waals surface area contributed by atoms with Crippen molar-refractivity contribution in [2.45, 2.75) is 30.7 Å². The summed E-state index contributed by atoms with van der Waals surface area (Å²) >= 11 is 6.05. The van der Waals surface area contributed by atoms with Gasteiger partial charge in [-0.2, -0.15) is 9.57 Å². The van der Waals surface area contributed by atoms with E-state index in [1.54, 1.807) is 0 Å². The Labute approximate surface area is 130 Å². The lowest BCUT2D eigenvalue weighted by Gasteiger charge is -2.38. The molecule has 2 N–H and O–H groups in total. The number of hydrogen-bond acceptors (Lipinski definition) is 4. The lowest BCUT2D eigenvalue weighted by molar-refractivity contribution is 0.192. The number of sulfonamides is 1. The lowest BCUT2D eigenvalue weighted by atomic mass is 9.93. The Morgan fingerprint density at radius 1 is 1.52 bits per heavy atom. The number of nitrogens with zero attached hydrogens (tertiary/aromatic N) is 2. The molecule has 2 rings (SSSR count). The van der Waals surface area contributed by atoms with Crippen molar-refractivity contribution < 1.29 is 8.42 Å². The third-order valence-electron chi connectivity index (χ3n) is 3.95. The van der Waals surface area contributed by atoms with E-state index in [1.807, 2.05) is 13.0 Å². The summed E-state index contributed by atoms with van der Waals surface area (Å²) in [4.78, 5) is 0.0377. The van der Waals surface area contributed by atoms with Crippen LogP contribution in [0.25, 0.3) is 0 Å². The SMILES string of the molecule is CC1CCCN(S(=O)(=O)c2ccc(C#N)cc2Cl)C1CN. The second-order valence-corrected chi connectivity index (χ2v) is 7.56. The molecular formula is C14H18ClN3O2S. The van der Waals surface area contributed by atoms with Crippen molar-refractivity contribution in [2.75, 3.05) is 13.1 Å². The van der Waals surface area contributed by atoms with Crippen molar-refractivity contribution in [1.82, 2.24) is 4.31 Å². The fourth-order valence-corrected chi connectivity index (χ4v) is 5.06. The van der Waals surface area contributed by atoms with Crippen molar-refractivity contribution in [3.63, 3.8) is 0 Å². The predicted molar refractivity (Wildman–Crippen MR) is 81.3 cm³/mol. The summed E-state index contributed by atoms with van der Waals surface area (Å²) in [5, 5.41) is 8.91. The van der Waals surface area contributed by atoms with E-state index >= 15 is 0 Å². The average molecular weight is 328 g/mol. The molecule has 114 valence electrons. The van der Waals surface area contributed by atoms with E-state index in [9.17, 15) is 8.42 Å². The second kappa shape index (κ2) is 6.32. The fraction of sp³-hybridized carbons (Fsp3) is 0.500. The number of piperidine rings is 1. The Hall–Kier alpha value is -1.13. The first-order chi connectivity index (χ1) is 9.91. The standard InChI is InChI=1S/C14H18ClN3O2S/c1-10-3-2-6-18(13(10)9-17)21(19,20)14-5-4-11(8-16)7-12(14)15/h4-5,7,10,13H,2-3,6,9,17H2,1H3. The van der Waals surface area contributed by atoms with E-state index in [1.165, 1.54) is 22.5 Å². The highest BCUT2D eigenvalue weighted by atomic mass is 35.5. The fourth-order valence-electron chi connectivity index (χ4n) is 2.77. The van der Waals surface area contributed by atoms with Gasteiger partial charge in [-0.05, 0) is 37.0 Å².